The van der Waals surface area contributed by atoms with Gasteiger partial charge in [-0.1, -0.05) is 17.7 Å². The number of carbonyl (C=O) groups excluding carboxylic acids is 1. The Morgan fingerprint density at radius 1 is 1.40 bits per heavy atom. The summed E-state index contributed by atoms with van der Waals surface area (Å²) in [6.45, 7) is 1.91. The maximum atomic E-state index is 11.8. The number of halogens is 1. The fourth-order valence-electron chi connectivity index (χ4n) is 1.53. The number of amides is 1. The van der Waals surface area contributed by atoms with Crippen molar-refractivity contribution in [2.24, 2.45) is 5.10 Å². The van der Waals surface area contributed by atoms with E-state index < -0.39 is 0 Å². The van der Waals surface area contributed by atoms with Crippen molar-refractivity contribution >= 4 is 29.8 Å². The van der Waals surface area contributed by atoms with Crippen LogP contribution in [0.4, 0.5) is 0 Å². The van der Waals surface area contributed by atoms with Crippen molar-refractivity contribution in [2.45, 2.75) is 6.92 Å². The molecule has 0 fully saturated rings. The number of hydrogen-bond acceptors (Lipinski definition) is 3. The van der Waals surface area contributed by atoms with Gasteiger partial charge >= 0.3 is 0 Å². The molecule has 2 rings (SSSR count). The third-order valence-electron chi connectivity index (χ3n) is 2.50. The van der Waals surface area contributed by atoms with Crippen LogP contribution < -0.4 is 5.43 Å². The summed E-state index contributed by atoms with van der Waals surface area (Å²) in [6.07, 6.45) is 6.44. The van der Waals surface area contributed by atoms with Crippen LogP contribution in [0.15, 0.2) is 52.2 Å². The Bertz CT molecular complexity index is 646. The molecule has 1 N–H and O–H groups in total. The summed E-state index contributed by atoms with van der Waals surface area (Å²) in [7, 11) is 0. The molecule has 4 nitrogen and oxygen atoms in total. The lowest BCUT2D eigenvalue weighted by Crippen LogP contribution is -2.17. The van der Waals surface area contributed by atoms with Gasteiger partial charge in [-0.2, -0.15) is 5.10 Å². The Morgan fingerprint density at radius 3 is 2.95 bits per heavy atom. The lowest BCUT2D eigenvalue weighted by molar-refractivity contribution is 0.0955. The fourth-order valence-corrected chi connectivity index (χ4v) is 1.85. The number of furan rings is 1. The van der Waals surface area contributed by atoms with Gasteiger partial charge in [-0.05, 0) is 48.9 Å². The van der Waals surface area contributed by atoms with Crippen molar-refractivity contribution in [3.05, 3.63) is 64.6 Å². The smallest absolute Gasteiger partial charge is 0.272 e. The molecule has 0 aliphatic carbocycles. The van der Waals surface area contributed by atoms with Crippen LogP contribution in [0.1, 0.15) is 21.7 Å². The van der Waals surface area contributed by atoms with E-state index in [0.717, 1.165) is 5.56 Å². The van der Waals surface area contributed by atoms with Crippen molar-refractivity contribution < 1.29 is 9.21 Å². The lowest BCUT2D eigenvalue weighted by atomic mass is 10.1. The molecule has 0 radical (unpaired) electrons. The summed E-state index contributed by atoms with van der Waals surface area (Å²) in [5.74, 6) is 0.363. The molecule has 102 valence electrons. The van der Waals surface area contributed by atoms with E-state index in [0.29, 0.717) is 16.3 Å². The summed E-state index contributed by atoms with van der Waals surface area (Å²) >= 11 is 5.99. The van der Waals surface area contributed by atoms with E-state index in [1.54, 1.807) is 36.6 Å². The number of benzene rings is 1. The molecule has 5 heteroatoms. The van der Waals surface area contributed by atoms with Crippen LogP contribution in [0.25, 0.3) is 6.08 Å². The number of nitrogens with zero attached hydrogens (tertiary/aromatic N) is 1. The predicted octanol–water partition coefficient (Wildman–Crippen LogP) is 3.67. The number of hydrazone groups is 1. The molecule has 0 unspecified atom stereocenters. The molecule has 0 aliphatic heterocycles. The van der Waals surface area contributed by atoms with Gasteiger partial charge in [0.25, 0.3) is 5.91 Å². The molecule has 1 heterocycles. The van der Waals surface area contributed by atoms with Crippen LogP contribution in [0.3, 0.4) is 0 Å². The van der Waals surface area contributed by atoms with Gasteiger partial charge < -0.3 is 4.42 Å². The maximum absolute atomic E-state index is 11.8. The van der Waals surface area contributed by atoms with Crippen LogP contribution in [-0.4, -0.2) is 12.1 Å². The van der Waals surface area contributed by atoms with Crippen LogP contribution in [0.5, 0.6) is 0 Å². The van der Waals surface area contributed by atoms with Gasteiger partial charge in [0, 0.05) is 6.21 Å². The second-order valence-electron chi connectivity index (χ2n) is 4.08. The molecule has 0 atom stereocenters. The second kappa shape index (κ2) is 6.73. The van der Waals surface area contributed by atoms with E-state index in [9.17, 15) is 4.79 Å². The Kier molecular flexibility index (Phi) is 4.74. The van der Waals surface area contributed by atoms with Gasteiger partial charge in [0.1, 0.15) is 5.76 Å². The highest BCUT2D eigenvalue weighted by Gasteiger charge is 2.08. The van der Waals surface area contributed by atoms with Crippen LogP contribution in [0.2, 0.25) is 5.02 Å². The number of allylic oxidation sites excluding steroid dienone is 1. The van der Waals surface area contributed by atoms with Crippen LogP contribution in [-0.2, 0) is 0 Å². The summed E-state index contributed by atoms with van der Waals surface area (Å²) in [6, 6.07) is 8.83. The molecule has 0 bridgehead atoms. The molecular weight excluding hydrogens is 276 g/mol. The number of nitrogens with one attached hydrogen (secondary N) is 1. The van der Waals surface area contributed by atoms with Crippen molar-refractivity contribution in [3.8, 4) is 0 Å². The van der Waals surface area contributed by atoms with Gasteiger partial charge in [-0.25, -0.2) is 5.43 Å². The minimum Gasteiger partial charge on any atom is -0.465 e. The SMILES string of the molecule is Cc1ccc(C(=O)N/N=C\C=C\c2ccco2)c(Cl)c1. The molecule has 0 saturated heterocycles. The summed E-state index contributed by atoms with van der Waals surface area (Å²) in [5, 5.41) is 4.21. The number of aryl methyl sites for hydroxylation is 1. The van der Waals surface area contributed by atoms with Crippen molar-refractivity contribution in [1.29, 1.82) is 0 Å². The first-order chi connectivity index (χ1) is 9.66. The second-order valence-corrected chi connectivity index (χ2v) is 4.48. The fraction of sp³-hybridized carbons (Fsp3) is 0.0667. The van der Waals surface area contributed by atoms with E-state index in [2.05, 4.69) is 10.5 Å². The number of hydrogen-bond donors (Lipinski definition) is 1. The highest BCUT2D eigenvalue weighted by atomic mass is 35.5. The minimum atomic E-state index is -0.349. The largest absolute Gasteiger partial charge is 0.465 e. The molecule has 2 aromatic rings. The molecule has 1 aromatic carbocycles. The number of rotatable bonds is 4. The summed E-state index contributed by atoms with van der Waals surface area (Å²) in [5.41, 5.74) is 3.79. The Morgan fingerprint density at radius 2 is 2.25 bits per heavy atom. The van der Waals surface area contributed by atoms with Gasteiger partial charge in [-0.3, -0.25) is 4.79 Å². The highest BCUT2D eigenvalue weighted by Crippen LogP contribution is 2.17. The van der Waals surface area contributed by atoms with Gasteiger partial charge in [-0.15, -0.1) is 0 Å². The molecule has 0 aliphatic rings. The normalized spacial score (nSPS) is 11.3. The van der Waals surface area contributed by atoms with Gasteiger partial charge in [0.05, 0.1) is 16.8 Å². The van der Waals surface area contributed by atoms with E-state index in [-0.39, 0.29) is 5.91 Å². The van der Waals surface area contributed by atoms with Crippen molar-refractivity contribution in [2.75, 3.05) is 0 Å². The molecule has 0 saturated carbocycles. The molecule has 20 heavy (non-hydrogen) atoms. The predicted molar refractivity (Wildman–Crippen MR) is 79.9 cm³/mol. The zero-order valence-corrected chi connectivity index (χ0v) is 11.6. The van der Waals surface area contributed by atoms with E-state index in [4.69, 9.17) is 16.0 Å². The third-order valence-corrected chi connectivity index (χ3v) is 2.81. The summed E-state index contributed by atoms with van der Waals surface area (Å²) in [4.78, 5) is 11.8. The van der Waals surface area contributed by atoms with E-state index >= 15 is 0 Å². The summed E-state index contributed by atoms with van der Waals surface area (Å²) < 4.78 is 5.10. The van der Waals surface area contributed by atoms with Crippen LogP contribution in [0, 0.1) is 6.92 Å². The Labute approximate surface area is 121 Å². The zero-order valence-electron chi connectivity index (χ0n) is 10.8. The third kappa shape index (κ3) is 3.83. The molecule has 1 aromatic heterocycles. The first-order valence-electron chi connectivity index (χ1n) is 5.96. The average molecular weight is 289 g/mol. The Balaban J connectivity index is 1.92. The van der Waals surface area contributed by atoms with E-state index in [1.165, 1.54) is 6.21 Å². The van der Waals surface area contributed by atoms with Crippen molar-refractivity contribution in [1.82, 2.24) is 5.43 Å². The maximum Gasteiger partial charge on any atom is 0.272 e. The molecule has 1 amide bonds. The monoisotopic (exact) mass is 288 g/mol. The van der Waals surface area contributed by atoms with Gasteiger partial charge in [0.2, 0.25) is 0 Å². The van der Waals surface area contributed by atoms with Crippen LogP contribution >= 0.6 is 11.6 Å². The molecule has 0 spiro atoms. The standard InChI is InChI=1S/C15H13ClN2O2/c1-11-6-7-13(14(16)10-11)15(19)18-17-8-2-4-12-5-3-9-20-12/h2-10H,1H3,(H,18,19)/b4-2+,17-8-. The van der Waals surface area contributed by atoms with Crippen molar-refractivity contribution in [3.63, 3.8) is 0 Å². The highest BCUT2D eigenvalue weighted by molar-refractivity contribution is 6.33. The topological polar surface area (TPSA) is 54.6 Å². The first-order valence-corrected chi connectivity index (χ1v) is 6.34. The lowest BCUT2D eigenvalue weighted by Gasteiger charge is -2.02. The minimum absolute atomic E-state index is 0.349. The van der Waals surface area contributed by atoms with E-state index in [1.807, 2.05) is 19.1 Å². The first kappa shape index (κ1) is 14.1. The average Bonchev–Trinajstić information content (AvgIpc) is 2.91. The quantitative estimate of drug-likeness (QED) is 0.689. The molecular formula is C15H13ClN2O2. The van der Waals surface area contributed by atoms with Gasteiger partial charge in [0.15, 0.2) is 0 Å². The Hall–Kier alpha value is -2.33. The zero-order chi connectivity index (χ0) is 14.4. The number of carbonyl (C=O) groups is 1.